The van der Waals surface area contributed by atoms with E-state index < -0.39 is 24.3 Å². The molecule has 5 N–H and O–H groups in total. The van der Waals surface area contributed by atoms with E-state index in [1.165, 1.54) is 13.3 Å². The summed E-state index contributed by atoms with van der Waals surface area (Å²) in [6.45, 7) is 5.77. The van der Waals surface area contributed by atoms with Gasteiger partial charge in [0.05, 0.1) is 42.6 Å². The van der Waals surface area contributed by atoms with Crippen molar-refractivity contribution in [2.75, 3.05) is 26.9 Å². The molecule has 0 spiro atoms. The standard InChI is InChI=1S/C26H31BrN4O8/c1-5-37-19-11-16(23-22(25(34)36-4)14(3)29-26(35)30-23)7-8-18(19)39-13-21(32)31-28-12-15-9-17(27)24(33)20(10-15)38-6-2/h7-12,21,23,31-33H,5-6,13H2,1-4H3,(H2,29,30,35)/b28-12-/t21-,23+/m0/s1. The van der Waals surface area contributed by atoms with Gasteiger partial charge in [-0.05, 0) is 72.1 Å². The zero-order valence-electron chi connectivity index (χ0n) is 21.9. The number of aromatic hydroxyl groups is 1. The lowest BCUT2D eigenvalue weighted by Gasteiger charge is -2.28. The van der Waals surface area contributed by atoms with E-state index in [4.69, 9.17) is 18.9 Å². The number of aliphatic hydroxyl groups excluding tert-OH is 1. The highest BCUT2D eigenvalue weighted by Gasteiger charge is 2.32. The van der Waals surface area contributed by atoms with Gasteiger partial charge in [0.25, 0.3) is 0 Å². The maximum absolute atomic E-state index is 12.4. The maximum atomic E-state index is 12.4. The van der Waals surface area contributed by atoms with E-state index >= 15 is 0 Å². The number of nitrogens with one attached hydrogen (secondary N) is 3. The molecule has 0 saturated heterocycles. The van der Waals surface area contributed by atoms with Crippen LogP contribution in [0.25, 0.3) is 0 Å². The number of amides is 2. The number of urea groups is 1. The van der Waals surface area contributed by atoms with Crippen LogP contribution < -0.4 is 30.3 Å². The van der Waals surface area contributed by atoms with Crippen LogP contribution in [0.3, 0.4) is 0 Å². The number of hydrogen-bond donors (Lipinski definition) is 5. The molecule has 2 aromatic rings. The van der Waals surface area contributed by atoms with Gasteiger partial charge in [0, 0.05) is 5.70 Å². The average Bonchev–Trinajstić information content (AvgIpc) is 2.90. The van der Waals surface area contributed by atoms with E-state index in [0.717, 1.165) is 0 Å². The molecule has 2 aromatic carbocycles. The van der Waals surface area contributed by atoms with Crippen LogP contribution in [-0.2, 0) is 9.53 Å². The SMILES string of the molecule is CCOc1cc([C@H]2NC(=O)NC(C)=C2C(=O)OC)ccc1OC[C@H](O)N/N=C\c1cc(Br)c(O)c(OCC)c1. The van der Waals surface area contributed by atoms with Crippen LogP contribution in [0.1, 0.15) is 37.9 Å². The van der Waals surface area contributed by atoms with Crippen molar-refractivity contribution in [2.45, 2.75) is 33.0 Å². The molecular weight excluding hydrogens is 576 g/mol. The topological polar surface area (TPSA) is 160 Å². The fourth-order valence-corrected chi connectivity index (χ4v) is 4.21. The van der Waals surface area contributed by atoms with Gasteiger partial charge in [-0.1, -0.05) is 6.07 Å². The zero-order chi connectivity index (χ0) is 28.5. The fourth-order valence-electron chi connectivity index (χ4n) is 3.75. The summed E-state index contributed by atoms with van der Waals surface area (Å²) in [5.41, 5.74) is 4.42. The van der Waals surface area contributed by atoms with E-state index in [0.29, 0.717) is 51.8 Å². The summed E-state index contributed by atoms with van der Waals surface area (Å²) >= 11 is 3.27. The molecule has 3 rings (SSSR count). The highest BCUT2D eigenvalue weighted by Crippen LogP contribution is 2.36. The Labute approximate surface area is 234 Å². The molecule has 13 heteroatoms. The third kappa shape index (κ3) is 7.54. The number of allylic oxidation sites excluding steroid dienone is 1. The first-order valence-corrected chi connectivity index (χ1v) is 12.9. The van der Waals surface area contributed by atoms with Crippen LogP contribution in [0.2, 0.25) is 0 Å². The number of nitrogens with zero attached hydrogens (tertiary/aromatic N) is 1. The van der Waals surface area contributed by atoms with Crippen molar-refractivity contribution in [3.05, 3.63) is 57.2 Å². The number of phenolic OH excluding ortho intramolecular Hbond substituents is 1. The predicted molar refractivity (Wildman–Crippen MR) is 146 cm³/mol. The highest BCUT2D eigenvalue weighted by molar-refractivity contribution is 9.10. The van der Waals surface area contributed by atoms with E-state index in [2.05, 4.69) is 37.1 Å². The number of methoxy groups -OCH3 is 1. The molecule has 2 amide bonds. The summed E-state index contributed by atoms with van der Waals surface area (Å²) in [5.74, 6) is 0.415. The second-order valence-electron chi connectivity index (χ2n) is 8.20. The lowest BCUT2D eigenvalue weighted by Crippen LogP contribution is -2.45. The van der Waals surface area contributed by atoms with E-state index in [9.17, 15) is 19.8 Å². The summed E-state index contributed by atoms with van der Waals surface area (Å²) in [7, 11) is 1.27. The number of rotatable bonds is 12. The van der Waals surface area contributed by atoms with Crippen molar-refractivity contribution in [3.8, 4) is 23.0 Å². The van der Waals surface area contributed by atoms with Crippen LogP contribution >= 0.6 is 15.9 Å². The van der Waals surface area contributed by atoms with Crippen LogP contribution in [0.4, 0.5) is 4.79 Å². The summed E-state index contributed by atoms with van der Waals surface area (Å²) in [4.78, 5) is 24.5. The largest absolute Gasteiger partial charge is 0.503 e. The number of phenols is 1. The van der Waals surface area contributed by atoms with Crippen molar-refractivity contribution in [1.29, 1.82) is 0 Å². The van der Waals surface area contributed by atoms with Crippen molar-refractivity contribution in [3.63, 3.8) is 0 Å². The normalized spacial score (nSPS) is 15.8. The number of benzene rings is 2. The molecular formula is C26H31BrN4O8. The Morgan fingerprint density at radius 3 is 2.56 bits per heavy atom. The van der Waals surface area contributed by atoms with E-state index in [-0.39, 0.29) is 17.9 Å². The molecule has 12 nitrogen and oxygen atoms in total. The van der Waals surface area contributed by atoms with Gasteiger partial charge in [0.15, 0.2) is 29.2 Å². The quantitative estimate of drug-likeness (QED) is 0.106. The zero-order valence-corrected chi connectivity index (χ0v) is 23.5. The number of halogens is 1. The van der Waals surface area contributed by atoms with Crippen molar-refractivity contribution >= 4 is 34.1 Å². The average molecular weight is 607 g/mol. The Bertz CT molecular complexity index is 1270. The lowest BCUT2D eigenvalue weighted by molar-refractivity contribution is -0.136. The summed E-state index contributed by atoms with van der Waals surface area (Å²) in [5, 5.41) is 29.7. The fraction of sp³-hybridized carbons (Fsp3) is 0.346. The van der Waals surface area contributed by atoms with Crippen molar-refractivity contribution in [2.24, 2.45) is 5.10 Å². The molecule has 210 valence electrons. The highest BCUT2D eigenvalue weighted by atomic mass is 79.9. The molecule has 1 aliphatic heterocycles. The third-order valence-electron chi connectivity index (χ3n) is 5.46. The van der Waals surface area contributed by atoms with E-state index in [1.54, 1.807) is 51.1 Å². The molecule has 0 fully saturated rings. The lowest BCUT2D eigenvalue weighted by atomic mass is 9.95. The first-order valence-electron chi connectivity index (χ1n) is 12.1. The first-order chi connectivity index (χ1) is 18.7. The summed E-state index contributed by atoms with van der Waals surface area (Å²) < 4.78 is 22.2. The molecule has 0 aliphatic carbocycles. The van der Waals surface area contributed by atoms with Crippen molar-refractivity contribution < 1.29 is 38.7 Å². The third-order valence-corrected chi connectivity index (χ3v) is 6.06. The molecule has 1 aliphatic rings. The minimum atomic E-state index is -1.16. The number of ether oxygens (including phenoxy) is 4. The maximum Gasteiger partial charge on any atom is 0.337 e. The van der Waals surface area contributed by atoms with Crippen molar-refractivity contribution in [1.82, 2.24) is 16.1 Å². The monoisotopic (exact) mass is 606 g/mol. The van der Waals surface area contributed by atoms with Gasteiger partial charge in [-0.25, -0.2) is 9.59 Å². The molecule has 0 radical (unpaired) electrons. The molecule has 0 bridgehead atoms. The van der Waals surface area contributed by atoms with Gasteiger partial charge >= 0.3 is 12.0 Å². The Kier molecular flexibility index (Phi) is 10.4. The molecule has 1 heterocycles. The predicted octanol–water partition coefficient (Wildman–Crippen LogP) is 3.07. The van der Waals surface area contributed by atoms with Gasteiger partial charge in [0.1, 0.15) is 6.61 Å². The number of aliphatic hydroxyl groups is 1. The molecule has 0 unspecified atom stereocenters. The molecule has 39 heavy (non-hydrogen) atoms. The second kappa shape index (κ2) is 13.7. The molecule has 0 saturated carbocycles. The number of hydrazone groups is 1. The van der Waals surface area contributed by atoms with Gasteiger partial charge in [-0.15, -0.1) is 0 Å². The number of esters is 1. The molecule has 2 atom stereocenters. The van der Waals surface area contributed by atoms with Crippen LogP contribution in [0, 0.1) is 0 Å². The van der Waals surface area contributed by atoms with Crippen LogP contribution in [-0.4, -0.2) is 61.6 Å². The first kappa shape index (κ1) is 29.6. The Hall–Kier alpha value is -3.97. The number of carbonyl (C=O) groups excluding carboxylic acids is 2. The Morgan fingerprint density at radius 1 is 1.15 bits per heavy atom. The van der Waals surface area contributed by atoms with Gasteiger partial charge in [-0.3, -0.25) is 5.43 Å². The van der Waals surface area contributed by atoms with Crippen LogP contribution in [0.15, 0.2) is 51.2 Å². The molecule has 0 aromatic heterocycles. The smallest absolute Gasteiger partial charge is 0.337 e. The van der Waals surface area contributed by atoms with Crippen LogP contribution in [0.5, 0.6) is 23.0 Å². The summed E-state index contributed by atoms with van der Waals surface area (Å²) in [6.07, 6.45) is 0.292. The Morgan fingerprint density at radius 2 is 1.87 bits per heavy atom. The minimum Gasteiger partial charge on any atom is -0.503 e. The number of carbonyl (C=O) groups is 2. The van der Waals surface area contributed by atoms with E-state index in [1.807, 2.05) is 0 Å². The van der Waals surface area contributed by atoms with Gasteiger partial charge in [0.2, 0.25) is 0 Å². The minimum absolute atomic E-state index is 0.0123. The second-order valence-corrected chi connectivity index (χ2v) is 9.05. The van der Waals surface area contributed by atoms with Gasteiger partial charge < -0.3 is 39.8 Å². The van der Waals surface area contributed by atoms with Gasteiger partial charge in [-0.2, -0.15) is 5.10 Å². The summed E-state index contributed by atoms with van der Waals surface area (Å²) in [6, 6.07) is 7.01. The number of hydrogen-bond acceptors (Lipinski definition) is 10. The Balaban J connectivity index is 1.70.